The van der Waals surface area contributed by atoms with Crippen LogP contribution in [-0.4, -0.2) is 6.61 Å². The van der Waals surface area contributed by atoms with Gasteiger partial charge in [0.1, 0.15) is 5.75 Å². The van der Waals surface area contributed by atoms with Crippen molar-refractivity contribution < 1.29 is 4.74 Å². The molecule has 0 bridgehead atoms. The van der Waals surface area contributed by atoms with Gasteiger partial charge in [-0.1, -0.05) is 127 Å². The van der Waals surface area contributed by atoms with Gasteiger partial charge in [0.15, 0.2) is 0 Å². The second-order valence-corrected chi connectivity index (χ2v) is 11.0. The summed E-state index contributed by atoms with van der Waals surface area (Å²) < 4.78 is 5.99. The summed E-state index contributed by atoms with van der Waals surface area (Å²) in [5, 5.41) is 0. The molecular weight excluding hydrogens is 424 g/mol. The molecule has 0 spiro atoms. The van der Waals surface area contributed by atoms with Gasteiger partial charge in [-0.05, 0) is 72.8 Å². The van der Waals surface area contributed by atoms with Gasteiger partial charge >= 0.3 is 0 Å². The van der Waals surface area contributed by atoms with E-state index >= 15 is 0 Å². The van der Waals surface area contributed by atoms with Crippen LogP contribution in [0, 0.1) is 5.92 Å². The van der Waals surface area contributed by atoms with E-state index in [1.807, 2.05) is 0 Å². The van der Waals surface area contributed by atoms with Gasteiger partial charge in [-0.2, -0.15) is 0 Å². The molecule has 2 aromatic rings. The highest BCUT2D eigenvalue weighted by Gasteiger charge is 2.22. The Kier molecular flexibility index (Phi) is 13.4. The third-order valence-corrected chi connectivity index (χ3v) is 8.15. The Hall–Kier alpha value is -1.76. The van der Waals surface area contributed by atoms with E-state index in [1.165, 1.54) is 120 Å². The highest BCUT2D eigenvalue weighted by Crippen LogP contribution is 2.38. The molecule has 0 radical (unpaired) electrons. The molecule has 0 unspecified atom stereocenters. The molecule has 1 saturated carbocycles. The van der Waals surface area contributed by atoms with E-state index in [4.69, 9.17) is 4.74 Å². The molecule has 1 aliphatic rings. The molecular formula is C34H52O. The molecule has 0 atom stereocenters. The normalized spacial score (nSPS) is 18.0. The van der Waals surface area contributed by atoms with Crippen LogP contribution in [0.1, 0.15) is 134 Å². The fourth-order valence-electron chi connectivity index (χ4n) is 5.76. The standard InChI is InChI=1S/C34H52O/c1-3-5-7-8-9-10-11-12-14-28-35-34-26-24-33(25-27-34)32-22-20-31(21-23-32)30-18-16-29(17-19-30)15-13-6-4-2/h20-27,29-30H,3-19,28H2,1-2H3. The number of rotatable bonds is 17. The first kappa shape index (κ1) is 27.8. The van der Waals surface area contributed by atoms with Crippen molar-refractivity contribution in [3.05, 3.63) is 54.1 Å². The molecule has 1 heteroatoms. The third-order valence-electron chi connectivity index (χ3n) is 8.15. The number of hydrogen-bond donors (Lipinski definition) is 0. The zero-order valence-electron chi connectivity index (χ0n) is 22.9. The molecule has 1 fully saturated rings. The minimum Gasteiger partial charge on any atom is -0.494 e. The number of unbranched alkanes of at least 4 members (excludes halogenated alkanes) is 10. The van der Waals surface area contributed by atoms with Gasteiger partial charge in [-0.25, -0.2) is 0 Å². The first-order valence-electron chi connectivity index (χ1n) is 15.1. The zero-order valence-corrected chi connectivity index (χ0v) is 22.9. The molecule has 3 rings (SSSR count). The SMILES string of the molecule is CCCCCCCCCCCOc1ccc(-c2ccc(C3CCC(CCCCC)CC3)cc2)cc1. The molecule has 0 heterocycles. The van der Waals surface area contributed by atoms with E-state index in [2.05, 4.69) is 62.4 Å². The van der Waals surface area contributed by atoms with Gasteiger partial charge < -0.3 is 4.74 Å². The van der Waals surface area contributed by atoms with Crippen molar-refractivity contribution in [2.45, 2.75) is 129 Å². The maximum absolute atomic E-state index is 5.99. The summed E-state index contributed by atoms with van der Waals surface area (Å²) >= 11 is 0. The van der Waals surface area contributed by atoms with Crippen LogP contribution >= 0.6 is 0 Å². The van der Waals surface area contributed by atoms with Crippen LogP contribution in [-0.2, 0) is 0 Å². The Morgan fingerprint density at radius 1 is 0.571 bits per heavy atom. The number of ether oxygens (including phenoxy) is 1. The molecule has 35 heavy (non-hydrogen) atoms. The summed E-state index contributed by atoms with van der Waals surface area (Å²) in [6.07, 6.45) is 23.4. The van der Waals surface area contributed by atoms with E-state index in [9.17, 15) is 0 Å². The maximum atomic E-state index is 5.99. The van der Waals surface area contributed by atoms with Gasteiger partial charge in [0, 0.05) is 0 Å². The van der Waals surface area contributed by atoms with Crippen molar-refractivity contribution in [3.63, 3.8) is 0 Å². The van der Waals surface area contributed by atoms with Crippen molar-refractivity contribution in [1.29, 1.82) is 0 Å². The van der Waals surface area contributed by atoms with Gasteiger partial charge in [0.05, 0.1) is 6.61 Å². The van der Waals surface area contributed by atoms with Gasteiger partial charge in [-0.3, -0.25) is 0 Å². The van der Waals surface area contributed by atoms with Crippen LogP contribution in [0.15, 0.2) is 48.5 Å². The first-order valence-corrected chi connectivity index (χ1v) is 15.1. The lowest BCUT2D eigenvalue weighted by molar-refractivity contribution is 0.303. The summed E-state index contributed by atoms with van der Waals surface area (Å²) in [7, 11) is 0. The van der Waals surface area contributed by atoms with Crippen LogP contribution in [0.4, 0.5) is 0 Å². The Balaban J connectivity index is 1.33. The van der Waals surface area contributed by atoms with Crippen molar-refractivity contribution in [2.24, 2.45) is 5.92 Å². The summed E-state index contributed by atoms with van der Waals surface area (Å²) in [6.45, 7) is 5.43. The van der Waals surface area contributed by atoms with Crippen LogP contribution < -0.4 is 4.74 Å². The summed E-state index contributed by atoms with van der Waals surface area (Å²) in [4.78, 5) is 0. The van der Waals surface area contributed by atoms with Crippen molar-refractivity contribution in [3.8, 4) is 16.9 Å². The van der Waals surface area contributed by atoms with Crippen molar-refractivity contribution in [2.75, 3.05) is 6.61 Å². The lowest BCUT2D eigenvalue weighted by Gasteiger charge is -2.29. The highest BCUT2D eigenvalue weighted by molar-refractivity contribution is 5.64. The van der Waals surface area contributed by atoms with E-state index < -0.39 is 0 Å². The van der Waals surface area contributed by atoms with Crippen LogP contribution in [0.25, 0.3) is 11.1 Å². The predicted octanol–water partition coefficient (Wildman–Crippen LogP) is 11.1. The Labute approximate surface area is 217 Å². The molecule has 0 aromatic heterocycles. The summed E-state index contributed by atoms with van der Waals surface area (Å²) in [5.41, 5.74) is 4.14. The van der Waals surface area contributed by atoms with Crippen LogP contribution in [0.3, 0.4) is 0 Å². The molecule has 0 aliphatic heterocycles. The third kappa shape index (κ3) is 10.4. The Morgan fingerprint density at radius 2 is 1.09 bits per heavy atom. The molecule has 0 saturated heterocycles. The minimum atomic E-state index is 0.767. The lowest BCUT2D eigenvalue weighted by Crippen LogP contribution is -2.13. The summed E-state index contributed by atoms with van der Waals surface area (Å²) in [5.74, 6) is 2.75. The molecule has 1 nitrogen and oxygen atoms in total. The molecule has 2 aromatic carbocycles. The Bertz CT molecular complexity index is 767. The van der Waals surface area contributed by atoms with E-state index in [0.717, 1.165) is 24.2 Å². The zero-order chi connectivity index (χ0) is 24.6. The van der Waals surface area contributed by atoms with Crippen LogP contribution in [0.2, 0.25) is 0 Å². The van der Waals surface area contributed by atoms with Crippen LogP contribution in [0.5, 0.6) is 5.75 Å². The second kappa shape index (κ2) is 16.8. The average molecular weight is 477 g/mol. The fourth-order valence-corrected chi connectivity index (χ4v) is 5.76. The van der Waals surface area contributed by atoms with Crippen molar-refractivity contribution >= 4 is 0 Å². The number of benzene rings is 2. The highest BCUT2D eigenvalue weighted by atomic mass is 16.5. The summed E-state index contributed by atoms with van der Waals surface area (Å²) in [6, 6.07) is 18.1. The van der Waals surface area contributed by atoms with Gasteiger partial charge in [-0.15, -0.1) is 0 Å². The molecule has 0 N–H and O–H groups in total. The Morgan fingerprint density at radius 3 is 1.69 bits per heavy atom. The molecule has 194 valence electrons. The molecule has 0 amide bonds. The minimum absolute atomic E-state index is 0.767. The van der Waals surface area contributed by atoms with Gasteiger partial charge in [0.25, 0.3) is 0 Å². The molecule has 1 aliphatic carbocycles. The van der Waals surface area contributed by atoms with Crippen molar-refractivity contribution in [1.82, 2.24) is 0 Å². The lowest BCUT2D eigenvalue weighted by atomic mass is 9.77. The first-order chi connectivity index (χ1) is 17.3. The monoisotopic (exact) mass is 476 g/mol. The fraction of sp³-hybridized carbons (Fsp3) is 0.647. The predicted molar refractivity (Wildman–Crippen MR) is 153 cm³/mol. The van der Waals surface area contributed by atoms with Gasteiger partial charge in [0.2, 0.25) is 0 Å². The van der Waals surface area contributed by atoms with E-state index in [-0.39, 0.29) is 0 Å². The van der Waals surface area contributed by atoms with E-state index in [1.54, 1.807) is 5.56 Å². The topological polar surface area (TPSA) is 9.23 Å². The second-order valence-electron chi connectivity index (χ2n) is 11.0. The van der Waals surface area contributed by atoms with E-state index in [0.29, 0.717) is 0 Å². The maximum Gasteiger partial charge on any atom is 0.119 e. The smallest absolute Gasteiger partial charge is 0.119 e. The average Bonchev–Trinajstić information content (AvgIpc) is 2.91. The largest absolute Gasteiger partial charge is 0.494 e. The quantitative estimate of drug-likeness (QED) is 0.206. The number of hydrogen-bond acceptors (Lipinski definition) is 1.